The van der Waals surface area contributed by atoms with Gasteiger partial charge in [0.15, 0.2) is 0 Å². The highest BCUT2D eigenvalue weighted by atomic mass is 35.5. The highest BCUT2D eigenvalue weighted by Crippen LogP contribution is 2.23. The Bertz CT molecular complexity index is 317. The Morgan fingerprint density at radius 3 is 2.60 bits per heavy atom. The summed E-state index contributed by atoms with van der Waals surface area (Å²) < 4.78 is 0. The largest absolute Gasteiger partial charge is 0.302 e. The lowest BCUT2D eigenvalue weighted by Crippen LogP contribution is -2.19. The minimum absolute atomic E-state index is 0.610. The molecule has 1 aromatic rings. The summed E-state index contributed by atoms with van der Waals surface area (Å²) in [7, 11) is 2.09. The van der Waals surface area contributed by atoms with E-state index in [1.807, 2.05) is 18.2 Å². The first-order valence-electron chi connectivity index (χ1n) is 4.87. The molecule has 0 amide bonds. The van der Waals surface area contributed by atoms with Gasteiger partial charge in [-0.15, -0.1) is 0 Å². The molecule has 1 rings (SSSR count). The monoisotopic (exact) mass is 263 g/mol. The third-order valence-corrected chi connectivity index (χ3v) is 3.19. The number of thiol groups is 1. The van der Waals surface area contributed by atoms with Crippen LogP contribution >= 0.6 is 35.8 Å². The quantitative estimate of drug-likeness (QED) is 0.793. The van der Waals surface area contributed by atoms with E-state index >= 15 is 0 Å². The van der Waals surface area contributed by atoms with Crippen LogP contribution in [0.3, 0.4) is 0 Å². The molecule has 0 spiro atoms. The van der Waals surface area contributed by atoms with Gasteiger partial charge in [0.25, 0.3) is 0 Å². The van der Waals surface area contributed by atoms with Crippen LogP contribution < -0.4 is 0 Å². The summed E-state index contributed by atoms with van der Waals surface area (Å²) in [5, 5.41) is 1.23. The van der Waals surface area contributed by atoms with E-state index in [1.165, 1.54) is 5.56 Å². The molecule has 15 heavy (non-hydrogen) atoms. The van der Waals surface area contributed by atoms with Gasteiger partial charge in [0.1, 0.15) is 0 Å². The Balaban J connectivity index is 2.53. The van der Waals surface area contributed by atoms with E-state index in [4.69, 9.17) is 23.2 Å². The van der Waals surface area contributed by atoms with Crippen LogP contribution in [0.2, 0.25) is 10.0 Å². The average molecular weight is 264 g/mol. The van der Waals surface area contributed by atoms with Crippen LogP contribution in [0, 0.1) is 0 Å². The van der Waals surface area contributed by atoms with Gasteiger partial charge in [-0.3, -0.25) is 0 Å². The molecule has 0 radical (unpaired) electrons. The third kappa shape index (κ3) is 4.64. The maximum atomic E-state index is 5.94. The summed E-state index contributed by atoms with van der Waals surface area (Å²) in [5.41, 5.74) is 1.19. The zero-order valence-corrected chi connectivity index (χ0v) is 11.1. The lowest BCUT2D eigenvalue weighted by molar-refractivity contribution is 0.329. The van der Waals surface area contributed by atoms with Crippen LogP contribution in [-0.4, -0.2) is 24.2 Å². The van der Waals surface area contributed by atoms with Crippen LogP contribution in [0.15, 0.2) is 18.2 Å². The van der Waals surface area contributed by atoms with Crippen LogP contribution in [0.5, 0.6) is 0 Å². The van der Waals surface area contributed by atoms with Crippen molar-refractivity contribution >= 4 is 35.8 Å². The first-order valence-corrected chi connectivity index (χ1v) is 6.25. The summed E-state index contributed by atoms with van der Waals surface area (Å²) in [6.07, 6.45) is 1.10. The smallest absolute Gasteiger partial charge is 0.0595 e. The summed E-state index contributed by atoms with van der Waals surface area (Å²) >= 11 is 16.0. The summed E-state index contributed by atoms with van der Waals surface area (Å²) in [6.45, 7) is 1.94. The van der Waals surface area contributed by atoms with Crippen molar-refractivity contribution in [2.45, 2.75) is 13.0 Å². The fourth-order valence-corrected chi connectivity index (χ4v) is 1.83. The molecule has 0 saturated carbocycles. The molecule has 1 nitrogen and oxygen atoms in total. The van der Waals surface area contributed by atoms with Crippen molar-refractivity contribution in [2.75, 3.05) is 19.3 Å². The van der Waals surface area contributed by atoms with Crippen molar-refractivity contribution < 1.29 is 0 Å². The van der Waals surface area contributed by atoms with Gasteiger partial charge in [0, 0.05) is 6.54 Å². The molecular formula is C11H15Cl2NS. The second kappa shape index (κ2) is 6.64. The fraction of sp³-hybridized carbons (Fsp3) is 0.455. The topological polar surface area (TPSA) is 3.24 Å². The second-order valence-corrected chi connectivity index (χ2v) is 4.83. The molecule has 0 aliphatic rings. The van der Waals surface area contributed by atoms with Gasteiger partial charge in [-0.05, 0) is 43.5 Å². The van der Waals surface area contributed by atoms with E-state index in [0.29, 0.717) is 10.0 Å². The summed E-state index contributed by atoms with van der Waals surface area (Å²) in [5.74, 6) is 0.922. The number of hydrogen-bond donors (Lipinski definition) is 1. The number of rotatable bonds is 5. The molecule has 0 heterocycles. The Hall–Kier alpha value is 0.110. The summed E-state index contributed by atoms with van der Waals surface area (Å²) in [4.78, 5) is 2.25. The average Bonchev–Trinajstić information content (AvgIpc) is 2.20. The van der Waals surface area contributed by atoms with Crippen molar-refractivity contribution in [3.05, 3.63) is 33.8 Å². The summed E-state index contributed by atoms with van der Waals surface area (Å²) in [6, 6.07) is 5.76. The van der Waals surface area contributed by atoms with E-state index in [-0.39, 0.29) is 0 Å². The van der Waals surface area contributed by atoms with Gasteiger partial charge >= 0.3 is 0 Å². The number of nitrogens with zero attached hydrogens (tertiary/aromatic N) is 1. The second-order valence-electron chi connectivity index (χ2n) is 3.56. The number of hydrogen-bond acceptors (Lipinski definition) is 2. The molecule has 1 aromatic carbocycles. The van der Waals surface area contributed by atoms with E-state index in [9.17, 15) is 0 Å². The van der Waals surface area contributed by atoms with Gasteiger partial charge in [0.05, 0.1) is 10.0 Å². The van der Waals surface area contributed by atoms with Crippen molar-refractivity contribution in [2.24, 2.45) is 0 Å². The van der Waals surface area contributed by atoms with Gasteiger partial charge < -0.3 is 4.90 Å². The van der Waals surface area contributed by atoms with E-state index in [1.54, 1.807) is 0 Å². The highest BCUT2D eigenvalue weighted by molar-refractivity contribution is 7.80. The van der Waals surface area contributed by atoms with Crippen molar-refractivity contribution in [1.82, 2.24) is 4.90 Å². The maximum absolute atomic E-state index is 5.94. The van der Waals surface area contributed by atoms with Crippen molar-refractivity contribution in [3.8, 4) is 0 Å². The first kappa shape index (κ1) is 13.2. The predicted molar refractivity (Wildman–Crippen MR) is 71.3 cm³/mol. The molecule has 0 bridgehead atoms. The normalized spacial score (nSPS) is 11.0. The van der Waals surface area contributed by atoms with Gasteiger partial charge in [-0.1, -0.05) is 29.3 Å². The first-order chi connectivity index (χ1) is 7.13. The lowest BCUT2D eigenvalue weighted by atomic mass is 10.2. The molecule has 0 aliphatic carbocycles. The lowest BCUT2D eigenvalue weighted by Gasteiger charge is -2.16. The predicted octanol–water partition coefficient (Wildman–Crippen LogP) is 3.75. The van der Waals surface area contributed by atoms with E-state index in [0.717, 1.165) is 25.3 Å². The minimum Gasteiger partial charge on any atom is -0.302 e. The molecule has 84 valence electrons. The standard InChI is InChI=1S/C11H15Cl2NS/c1-14(5-2-6-15)8-9-3-4-10(12)11(13)7-9/h3-4,7,15H,2,5-6,8H2,1H3. The minimum atomic E-state index is 0.610. The Morgan fingerprint density at radius 2 is 2.00 bits per heavy atom. The Labute approximate surface area is 107 Å². The SMILES string of the molecule is CN(CCCS)Cc1ccc(Cl)c(Cl)c1. The van der Waals surface area contributed by atoms with Gasteiger partial charge in [-0.2, -0.15) is 12.6 Å². The Morgan fingerprint density at radius 1 is 1.27 bits per heavy atom. The molecule has 0 unspecified atom stereocenters. The molecule has 0 saturated heterocycles. The molecule has 0 aromatic heterocycles. The zero-order valence-electron chi connectivity index (χ0n) is 8.71. The molecule has 4 heteroatoms. The van der Waals surface area contributed by atoms with Crippen LogP contribution in [0.25, 0.3) is 0 Å². The molecule has 0 N–H and O–H groups in total. The van der Waals surface area contributed by atoms with Gasteiger partial charge in [-0.25, -0.2) is 0 Å². The maximum Gasteiger partial charge on any atom is 0.0595 e. The van der Waals surface area contributed by atoms with Crippen molar-refractivity contribution in [3.63, 3.8) is 0 Å². The molecule has 0 atom stereocenters. The van der Waals surface area contributed by atoms with Crippen LogP contribution in [-0.2, 0) is 6.54 Å². The Kier molecular flexibility index (Phi) is 5.83. The van der Waals surface area contributed by atoms with E-state index in [2.05, 4.69) is 24.6 Å². The zero-order chi connectivity index (χ0) is 11.3. The fourth-order valence-electron chi connectivity index (χ4n) is 1.37. The number of halogens is 2. The van der Waals surface area contributed by atoms with Crippen LogP contribution in [0.4, 0.5) is 0 Å². The molecular weight excluding hydrogens is 249 g/mol. The third-order valence-electron chi connectivity index (χ3n) is 2.13. The van der Waals surface area contributed by atoms with E-state index < -0.39 is 0 Å². The molecule has 0 aliphatic heterocycles. The van der Waals surface area contributed by atoms with Crippen molar-refractivity contribution in [1.29, 1.82) is 0 Å². The van der Waals surface area contributed by atoms with Gasteiger partial charge in [0.2, 0.25) is 0 Å². The van der Waals surface area contributed by atoms with Crippen LogP contribution in [0.1, 0.15) is 12.0 Å². The number of benzene rings is 1. The molecule has 0 fully saturated rings. The highest BCUT2D eigenvalue weighted by Gasteiger charge is 2.02.